The molecule has 0 N–H and O–H groups in total. The van der Waals surface area contributed by atoms with Gasteiger partial charge in [0.1, 0.15) is 6.54 Å². The first kappa shape index (κ1) is 24.3. The molecule has 0 saturated heterocycles. The fourth-order valence-corrected chi connectivity index (χ4v) is 4.43. The van der Waals surface area contributed by atoms with E-state index >= 15 is 0 Å². The summed E-state index contributed by atoms with van der Waals surface area (Å²) in [5.41, 5.74) is 1.40. The van der Waals surface area contributed by atoms with Crippen LogP contribution >= 0.6 is 22.9 Å². The zero-order chi connectivity index (χ0) is 24.0. The number of halogens is 1. The molecule has 174 valence electrons. The van der Waals surface area contributed by atoms with E-state index < -0.39 is 11.9 Å². The van der Waals surface area contributed by atoms with Crippen LogP contribution in [-0.4, -0.2) is 44.4 Å². The van der Waals surface area contributed by atoms with Crippen molar-refractivity contribution in [3.8, 4) is 17.2 Å². The Morgan fingerprint density at radius 3 is 2.39 bits per heavy atom. The van der Waals surface area contributed by atoms with Gasteiger partial charge >= 0.3 is 5.97 Å². The van der Waals surface area contributed by atoms with Crippen LogP contribution in [0.5, 0.6) is 17.2 Å². The molecule has 0 unspecified atom stereocenters. The van der Waals surface area contributed by atoms with Gasteiger partial charge in [-0.15, -0.1) is 0 Å². The maximum absolute atomic E-state index is 12.6. The van der Waals surface area contributed by atoms with E-state index in [0.717, 1.165) is 10.2 Å². The van der Waals surface area contributed by atoms with E-state index in [4.69, 9.17) is 30.5 Å². The Morgan fingerprint density at radius 1 is 1.09 bits per heavy atom. The number of aromatic nitrogens is 1. The Balaban J connectivity index is 1.98. The van der Waals surface area contributed by atoms with Crippen LogP contribution < -0.4 is 19.0 Å². The van der Waals surface area contributed by atoms with Gasteiger partial charge in [0.05, 0.1) is 38.2 Å². The van der Waals surface area contributed by atoms with Gasteiger partial charge in [-0.2, -0.15) is 4.99 Å². The number of hydrogen-bond donors (Lipinski definition) is 0. The summed E-state index contributed by atoms with van der Waals surface area (Å²) in [6, 6.07) is 8.69. The molecule has 0 fully saturated rings. The summed E-state index contributed by atoms with van der Waals surface area (Å²) < 4.78 is 23.5. The van der Waals surface area contributed by atoms with Gasteiger partial charge in [-0.25, -0.2) is 0 Å². The molecule has 0 radical (unpaired) electrons. The molecule has 0 bridgehead atoms. The molecule has 0 aliphatic heterocycles. The van der Waals surface area contributed by atoms with Crippen LogP contribution in [0.25, 0.3) is 16.3 Å². The highest BCUT2D eigenvalue weighted by atomic mass is 35.5. The van der Waals surface area contributed by atoms with Gasteiger partial charge in [-0.3, -0.25) is 9.59 Å². The number of hydrogen-bond acceptors (Lipinski definition) is 7. The van der Waals surface area contributed by atoms with E-state index in [9.17, 15) is 9.59 Å². The van der Waals surface area contributed by atoms with Crippen LogP contribution in [-0.2, 0) is 20.9 Å². The molecule has 0 aliphatic carbocycles. The molecular weight excluding hydrogens is 468 g/mol. The van der Waals surface area contributed by atoms with Crippen molar-refractivity contribution in [3.05, 3.63) is 51.8 Å². The van der Waals surface area contributed by atoms with Crippen LogP contribution in [0.4, 0.5) is 0 Å². The summed E-state index contributed by atoms with van der Waals surface area (Å²) in [5, 5.41) is 0.548. The van der Waals surface area contributed by atoms with Gasteiger partial charge in [0.15, 0.2) is 16.3 Å². The van der Waals surface area contributed by atoms with E-state index in [1.807, 2.05) is 0 Å². The molecule has 0 spiro atoms. The predicted octanol–water partition coefficient (Wildman–Crippen LogP) is 4.09. The highest BCUT2D eigenvalue weighted by molar-refractivity contribution is 7.16. The zero-order valence-electron chi connectivity index (χ0n) is 18.6. The van der Waals surface area contributed by atoms with Crippen molar-refractivity contribution in [2.75, 3.05) is 27.9 Å². The molecule has 3 rings (SSSR count). The molecule has 1 heterocycles. The molecule has 0 atom stereocenters. The summed E-state index contributed by atoms with van der Waals surface area (Å²) in [7, 11) is 4.55. The van der Waals surface area contributed by atoms with E-state index in [0.29, 0.717) is 32.6 Å². The van der Waals surface area contributed by atoms with E-state index in [-0.39, 0.29) is 13.2 Å². The number of rotatable bonds is 8. The third-order valence-corrected chi connectivity index (χ3v) is 5.82. The second-order valence-corrected chi connectivity index (χ2v) is 8.08. The average Bonchev–Trinajstić information content (AvgIpc) is 3.12. The number of thiazole rings is 1. The Bertz CT molecular complexity index is 1250. The van der Waals surface area contributed by atoms with Gasteiger partial charge in [-0.1, -0.05) is 22.9 Å². The first-order valence-corrected chi connectivity index (χ1v) is 11.1. The van der Waals surface area contributed by atoms with Crippen molar-refractivity contribution in [1.82, 2.24) is 4.57 Å². The highest BCUT2D eigenvalue weighted by Crippen LogP contribution is 2.38. The number of carbonyl (C=O) groups is 2. The smallest absolute Gasteiger partial charge is 0.326 e. The number of benzene rings is 2. The number of nitrogens with zero attached hydrogens (tertiary/aromatic N) is 2. The monoisotopic (exact) mass is 490 g/mol. The van der Waals surface area contributed by atoms with Crippen molar-refractivity contribution >= 4 is 51.1 Å². The fourth-order valence-electron chi connectivity index (χ4n) is 3.12. The second-order valence-electron chi connectivity index (χ2n) is 6.63. The minimum absolute atomic E-state index is 0.0713. The summed E-state index contributed by atoms with van der Waals surface area (Å²) in [4.78, 5) is 29.3. The Morgan fingerprint density at radius 2 is 1.79 bits per heavy atom. The third-order valence-electron chi connectivity index (χ3n) is 4.55. The van der Waals surface area contributed by atoms with Gasteiger partial charge in [0.25, 0.3) is 5.91 Å². The highest BCUT2D eigenvalue weighted by Gasteiger charge is 2.14. The van der Waals surface area contributed by atoms with Crippen LogP contribution in [0.15, 0.2) is 41.4 Å². The van der Waals surface area contributed by atoms with Crippen molar-refractivity contribution in [2.45, 2.75) is 13.5 Å². The third kappa shape index (κ3) is 5.74. The number of fused-ring (bicyclic) bond motifs is 1. The fraction of sp³-hybridized carbons (Fsp3) is 0.261. The molecule has 33 heavy (non-hydrogen) atoms. The van der Waals surface area contributed by atoms with Crippen molar-refractivity contribution in [2.24, 2.45) is 4.99 Å². The number of ether oxygens (including phenoxy) is 4. The van der Waals surface area contributed by atoms with E-state index in [1.54, 1.807) is 47.9 Å². The lowest BCUT2D eigenvalue weighted by Gasteiger charge is -2.12. The number of esters is 1. The first-order valence-electron chi connectivity index (χ1n) is 9.91. The molecule has 0 aliphatic rings. The van der Waals surface area contributed by atoms with Crippen molar-refractivity contribution in [3.63, 3.8) is 0 Å². The van der Waals surface area contributed by atoms with Gasteiger partial charge < -0.3 is 23.5 Å². The standard InChI is InChI=1S/C23H23ClN2O6S/c1-5-32-21(28)13-26-16-8-7-15(24)12-19(16)33-23(26)25-20(27)9-6-14-10-17(29-2)22(31-4)18(11-14)30-3/h6-12H,5,13H2,1-4H3. The lowest BCUT2D eigenvalue weighted by atomic mass is 10.1. The van der Waals surface area contributed by atoms with Crippen LogP contribution in [0.2, 0.25) is 5.02 Å². The van der Waals surface area contributed by atoms with E-state index in [2.05, 4.69) is 4.99 Å². The second kappa shape index (κ2) is 11.0. The summed E-state index contributed by atoms with van der Waals surface area (Å²) in [6.07, 6.45) is 2.92. The molecule has 10 heteroatoms. The lowest BCUT2D eigenvalue weighted by Crippen LogP contribution is -2.22. The van der Waals surface area contributed by atoms with Gasteiger partial charge in [-0.05, 0) is 48.9 Å². The molecule has 1 amide bonds. The van der Waals surface area contributed by atoms with Crippen LogP contribution in [0.3, 0.4) is 0 Å². The summed E-state index contributed by atoms with van der Waals surface area (Å²) >= 11 is 7.36. The predicted molar refractivity (Wildman–Crippen MR) is 127 cm³/mol. The quantitative estimate of drug-likeness (QED) is 0.349. The number of amides is 1. The summed E-state index contributed by atoms with van der Waals surface area (Å²) in [6.45, 7) is 1.92. The Labute approximate surface area is 199 Å². The van der Waals surface area contributed by atoms with Crippen molar-refractivity contribution in [1.29, 1.82) is 0 Å². The average molecular weight is 491 g/mol. The molecule has 3 aromatic rings. The molecular formula is C23H23ClN2O6S. The van der Waals surface area contributed by atoms with Crippen LogP contribution in [0.1, 0.15) is 12.5 Å². The maximum Gasteiger partial charge on any atom is 0.326 e. The minimum atomic E-state index is -0.501. The molecule has 0 saturated carbocycles. The molecule has 8 nitrogen and oxygen atoms in total. The minimum Gasteiger partial charge on any atom is -0.493 e. The Hall–Kier alpha value is -3.30. The molecule has 2 aromatic carbocycles. The van der Waals surface area contributed by atoms with Crippen LogP contribution in [0, 0.1) is 0 Å². The zero-order valence-corrected chi connectivity index (χ0v) is 20.2. The molecule has 1 aromatic heterocycles. The maximum atomic E-state index is 12.6. The number of methoxy groups -OCH3 is 3. The SMILES string of the molecule is CCOC(=O)Cn1c(=NC(=O)C=Cc2cc(OC)c(OC)c(OC)c2)sc2cc(Cl)ccc21. The summed E-state index contributed by atoms with van der Waals surface area (Å²) in [5.74, 6) is 0.467. The van der Waals surface area contributed by atoms with E-state index in [1.165, 1.54) is 38.7 Å². The van der Waals surface area contributed by atoms with Gasteiger partial charge in [0.2, 0.25) is 5.75 Å². The largest absolute Gasteiger partial charge is 0.493 e. The van der Waals surface area contributed by atoms with Gasteiger partial charge in [0, 0.05) is 11.1 Å². The first-order chi connectivity index (χ1) is 15.9. The normalized spacial score (nSPS) is 11.7. The lowest BCUT2D eigenvalue weighted by molar-refractivity contribution is -0.143. The Kier molecular flexibility index (Phi) is 8.13. The van der Waals surface area contributed by atoms with Crippen molar-refractivity contribution < 1.29 is 28.5 Å². The number of carbonyl (C=O) groups excluding carboxylic acids is 2. The topological polar surface area (TPSA) is 88.4 Å².